The second-order valence-electron chi connectivity index (χ2n) is 11.5. The Morgan fingerprint density at radius 3 is 1.33 bits per heavy atom. The number of benzene rings is 4. The lowest BCUT2D eigenvalue weighted by atomic mass is 9.77. The van der Waals surface area contributed by atoms with Gasteiger partial charge >= 0.3 is 12.3 Å². The lowest BCUT2D eigenvalue weighted by Gasteiger charge is -2.27. The Kier molecular flexibility index (Phi) is 9.14. The minimum atomic E-state index is -0.811. The van der Waals surface area contributed by atoms with Gasteiger partial charge in [0.25, 0.3) is 0 Å². The van der Waals surface area contributed by atoms with Crippen LogP contribution in [0, 0.1) is 13.8 Å². The summed E-state index contributed by atoms with van der Waals surface area (Å²) in [5, 5.41) is 0. The summed E-state index contributed by atoms with van der Waals surface area (Å²) < 4.78 is 26.1. The highest BCUT2D eigenvalue weighted by molar-refractivity contribution is 5.68. The van der Waals surface area contributed by atoms with Crippen molar-refractivity contribution >= 4 is 12.3 Å². The predicted molar refractivity (Wildman–Crippen MR) is 166 cm³/mol. The smallest absolute Gasteiger partial charge is 0.497 e. The molecule has 0 radical (unpaired) electrons. The van der Waals surface area contributed by atoms with Gasteiger partial charge in [-0.3, -0.25) is 0 Å². The van der Waals surface area contributed by atoms with Crippen LogP contribution < -0.4 is 18.9 Å². The van der Waals surface area contributed by atoms with Crippen LogP contribution in [0.2, 0.25) is 0 Å². The lowest BCUT2D eigenvalue weighted by molar-refractivity contribution is 0.121. The van der Waals surface area contributed by atoms with Crippen LogP contribution in [0.4, 0.5) is 9.59 Å². The fourth-order valence-corrected chi connectivity index (χ4v) is 4.92. The van der Waals surface area contributed by atoms with Crippen molar-refractivity contribution in [2.24, 2.45) is 0 Å². The molecule has 0 atom stereocenters. The minimum absolute atomic E-state index is 0.254. The summed E-state index contributed by atoms with van der Waals surface area (Å²) in [6.07, 6.45) is -1.57. The van der Waals surface area contributed by atoms with Gasteiger partial charge in [0.2, 0.25) is 0 Å². The second-order valence-corrected chi connectivity index (χ2v) is 11.5. The first-order valence-electron chi connectivity index (χ1n) is 14.0. The molecular weight excluding hydrogens is 544 g/mol. The molecule has 0 heterocycles. The standard InChI is InChI=1S/C36H38O7/c1-23-21-27(13-19-31(23)42-33(37)40-8)36(5,6)28-14-20-32(24(2)22-28)43-34(38)41-30-17-11-26(12-18-30)35(3,4)25-9-15-29(39-7)16-10-25/h9-22H,1-8H3. The molecule has 0 saturated heterocycles. The molecular formula is C36H38O7. The van der Waals surface area contributed by atoms with Crippen molar-refractivity contribution in [2.45, 2.75) is 52.4 Å². The molecule has 4 aromatic carbocycles. The van der Waals surface area contributed by atoms with Gasteiger partial charge in [0, 0.05) is 10.8 Å². The first-order chi connectivity index (χ1) is 20.3. The predicted octanol–water partition coefficient (Wildman–Crippen LogP) is 8.69. The van der Waals surface area contributed by atoms with E-state index < -0.39 is 12.3 Å². The van der Waals surface area contributed by atoms with Crippen LogP contribution in [0.25, 0.3) is 0 Å². The van der Waals surface area contributed by atoms with E-state index in [2.05, 4.69) is 44.6 Å². The van der Waals surface area contributed by atoms with Crippen LogP contribution in [0.15, 0.2) is 84.9 Å². The summed E-state index contributed by atoms with van der Waals surface area (Å²) in [7, 11) is 2.92. The monoisotopic (exact) mass is 582 g/mol. The van der Waals surface area contributed by atoms with Crippen molar-refractivity contribution in [3.05, 3.63) is 118 Å². The van der Waals surface area contributed by atoms with Gasteiger partial charge in [0.15, 0.2) is 0 Å². The topological polar surface area (TPSA) is 80.3 Å². The highest BCUT2D eigenvalue weighted by atomic mass is 16.7. The second kappa shape index (κ2) is 12.6. The number of methoxy groups -OCH3 is 2. The van der Waals surface area contributed by atoms with Gasteiger partial charge in [-0.25, -0.2) is 9.59 Å². The van der Waals surface area contributed by atoms with Crippen LogP contribution in [-0.2, 0) is 15.6 Å². The number of ether oxygens (including phenoxy) is 5. The van der Waals surface area contributed by atoms with Crippen molar-refractivity contribution in [1.29, 1.82) is 0 Å². The summed E-state index contributed by atoms with van der Waals surface area (Å²) in [5.74, 6) is 2.06. The van der Waals surface area contributed by atoms with Crippen LogP contribution in [0.3, 0.4) is 0 Å². The molecule has 0 aromatic heterocycles. The molecule has 0 saturated carbocycles. The summed E-state index contributed by atoms with van der Waals surface area (Å²) in [4.78, 5) is 24.2. The third-order valence-corrected chi connectivity index (χ3v) is 7.94. The third kappa shape index (κ3) is 7.00. The van der Waals surface area contributed by atoms with Crippen molar-refractivity contribution in [2.75, 3.05) is 14.2 Å². The van der Waals surface area contributed by atoms with Gasteiger partial charge < -0.3 is 23.7 Å². The molecule has 4 rings (SSSR count). The zero-order chi connectivity index (χ0) is 31.4. The average Bonchev–Trinajstić information content (AvgIpc) is 2.99. The highest BCUT2D eigenvalue weighted by Gasteiger charge is 2.26. The molecule has 0 fully saturated rings. The summed E-state index contributed by atoms with van der Waals surface area (Å²) in [5.41, 5.74) is 5.26. The van der Waals surface area contributed by atoms with Crippen molar-refractivity contribution in [3.63, 3.8) is 0 Å². The van der Waals surface area contributed by atoms with E-state index in [1.807, 2.05) is 62.4 Å². The SMILES string of the molecule is COC(=O)Oc1ccc(C(C)(C)c2ccc(OC(=O)Oc3ccc(C(C)(C)c4ccc(OC)cc4)cc3)c(C)c2)cc1C. The highest BCUT2D eigenvalue weighted by Crippen LogP contribution is 2.37. The van der Waals surface area contributed by atoms with Gasteiger partial charge in [-0.15, -0.1) is 0 Å². The maximum absolute atomic E-state index is 12.7. The van der Waals surface area contributed by atoms with Crippen LogP contribution in [0.1, 0.15) is 61.1 Å². The fraction of sp³-hybridized carbons (Fsp3) is 0.278. The van der Waals surface area contributed by atoms with Crippen molar-refractivity contribution < 1.29 is 33.3 Å². The molecule has 4 aromatic rings. The summed E-state index contributed by atoms with van der Waals surface area (Å²) >= 11 is 0. The quantitative estimate of drug-likeness (QED) is 0.152. The van der Waals surface area contributed by atoms with Gasteiger partial charge in [0.1, 0.15) is 23.0 Å². The normalized spacial score (nSPS) is 11.4. The van der Waals surface area contributed by atoms with Crippen molar-refractivity contribution in [3.8, 4) is 23.0 Å². The minimum Gasteiger partial charge on any atom is -0.497 e. The number of hydrogen-bond acceptors (Lipinski definition) is 7. The fourth-order valence-electron chi connectivity index (χ4n) is 4.92. The summed E-state index contributed by atoms with van der Waals surface area (Å²) in [6.45, 7) is 12.3. The van der Waals surface area contributed by atoms with Crippen molar-refractivity contribution in [1.82, 2.24) is 0 Å². The first-order valence-corrected chi connectivity index (χ1v) is 14.0. The lowest BCUT2D eigenvalue weighted by Crippen LogP contribution is -2.20. The Labute approximate surface area is 253 Å². The molecule has 0 spiro atoms. The van der Waals surface area contributed by atoms with Gasteiger partial charge in [-0.2, -0.15) is 0 Å². The first kappa shape index (κ1) is 31.2. The Balaban J connectivity index is 1.42. The maximum Gasteiger partial charge on any atom is 0.519 e. The van der Waals surface area contributed by atoms with E-state index in [0.717, 1.165) is 39.1 Å². The number of carbonyl (C=O) groups is 2. The number of hydrogen-bond donors (Lipinski definition) is 0. The molecule has 0 aliphatic heterocycles. The Morgan fingerprint density at radius 1 is 0.512 bits per heavy atom. The van der Waals surface area contributed by atoms with Gasteiger partial charge in [0.05, 0.1) is 14.2 Å². The molecule has 0 N–H and O–H groups in total. The Morgan fingerprint density at radius 2 is 0.907 bits per heavy atom. The zero-order valence-corrected chi connectivity index (χ0v) is 25.9. The maximum atomic E-state index is 12.7. The molecule has 7 nitrogen and oxygen atoms in total. The summed E-state index contributed by atoms with van der Waals surface area (Å²) in [6, 6.07) is 26.8. The molecule has 0 amide bonds. The number of aryl methyl sites for hydroxylation is 2. The zero-order valence-electron chi connectivity index (χ0n) is 25.9. The van der Waals surface area contributed by atoms with E-state index >= 15 is 0 Å². The van der Waals surface area contributed by atoms with E-state index in [4.69, 9.17) is 18.9 Å². The molecule has 224 valence electrons. The van der Waals surface area contributed by atoms with Crippen LogP contribution in [-0.4, -0.2) is 26.5 Å². The van der Waals surface area contributed by atoms with Crippen LogP contribution in [0.5, 0.6) is 23.0 Å². The van der Waals surface area contributed by atoms with E-state index in [1.54, 1.807) is 31.4 Å². The van der Waals surface area contributed by atoms with E-state index in [9.17, 15) is 9.59 Å². The van der Waals surface area contributed by atoms with E-state index in [0.29, 0.717) is 17.2 Å². The number of carbonyl (C=O) groups excluding carboxylic acids is 2. The molecule has 0 unspecified atom stereocenters. The largest absolute Gasteiger partial charge is 0.519 e. The molecule has 0 aliphatic rings. The van der Waals surface area contributed by atoms with Gasteiger partial charge in [-0.1, -0.05) is 76.2 Å². The Bertz CT molecular complexity index is 1600. The third-order valence-electron chi connectivity index (χ3n) is 7.94. The van der Waals surface area contributed by atoms with Gasteiger partial charge in [-0.05, 0) is 83.6 Å². The van der Waals surface area contributed by atoms with Crippen LogP contribution >= 0.6 is 0 Å². The average molecular weight is 583 g/mol. The molecule has 7 heteroatoms. The van der Waals surface area contributed by atoms with E-state index in [-0.39, 0.29) is 10.8 Å². The molecule has 43 heavy (non-hydrogen) atoms. The molecule has 0 bridgehead atoms. The van der Waals surface area contributed by atoms with E-state index in [1.165, 1.54) is 7.11 Å². The number of rotatable bonds is 8. The Hall–Kier alpha value is -4.78. The molecule has 0 aliphatic carbocycles.